The number of hydrogen-bond acceptors (Lipinski definition) is 5. The van der Waals surface area contributed by atoms with Crippen molar-refractivity contribution in [1.82, 2.24) is 4.72 Å². The summed E-state index contributed by atoms with van der Waals surface area (Å²) in [5, 5.41) is 0.271. The van der Waals surface area contributed by atoms with E-state index in [0.29, 0.717) is 23.6 Å². The average molecular weight is 453 g/mol. The molecule has 142 valence electrons. The first-order chi connectivity index (χ1) is 12.9. The Morgan fingerprint density at radius 3 is 2.78 bits per heavy atom. The topological polar surface area (TPSA) is 54.7 Å². The summed E-state index contributed by atoms with van der Waals surface area (Å²) < 4.78 is 29.0. The summed E-state index contributed by atoms with van der Waals surface area (Å²) in [7, 11) is 3.61. The molecule has 0 aliphatic heterocycles. The van der Waals surface area contributed by atoms with Crippen molar-refractivity contribution >= 4 is 50.4 Å². The van der Waals surface area contributed by atoms with Crippen LogP contribution in [0.1, 0.15) is 17.5 Å². The van der Waals surface area contributed by atoms with Crippen molar-refractivity contribution in [2.45, 2.75) is 11.8 Å². The number of nitrogens with one attached hydrogen (secondary N) is 1. The van der Waals surface area contributed by atoms with E-state index in [2.05, 4.69) is 20.7 Å². The Kier molecular flexibility index (Phi) is 5.96. The summed E-state index contributed by atoms with van der Waals surface area (Å²) in [6, 6.07) is 10.0. The van der Waals surface area contributed by atoms with Gasteiger partial charge in [-0.05, 0) is 43.1 Å². The molecular weight excluding hydrogens is 435 g/mol. The molecule has 3 aromatic rings. The number of ether oxygens (including phenoxy) is 1. The third-order valence-corrected chi connectivity index (χ3v) is 5.09. The van der Waals surface area contributed by atoms with E-state index in [1.54, 1.807) is 11.0 Å². The highest BCUT2D eigenvalue weighted by atomic mass is 79.9. The van der Waals surface area contributed by atoms with Gasteiger partial charge in [-0.1, -0.05) is 15.9 Å². The maximum Gasteiger partial charge on any atom is 0.297 e. The van der Waals surface area contributed by atoms with Gasteiger partial charge in [0, 0.05) is 36.4 Å². The van der Waals surface area contributed by atoms with Crippen molar-refractivity contribution in [3.05, 3.63) is 52.4 Å². The molecule has 3 rings (SSSR count). The minimum Gasteiger partial charge on any atom is -0.493 e. The highest BCUT2D eigenvalue weighted by Gasteiger charge is 2.17. The van der Waals surface area contributed by atoms with Crippen molar-refractivity contribution in [3.63, 3.8) is 0 Å². The summed E-state index contributed by atoms with van der Waals surface area (Å²) in [6.07, 6.45) is 0. The van der Waals surface area contributed by atoms with Crippen LogP contribution in [0.2, 0.25) is 0 Å². The second-order valence-corrected chi connectivity index (χ2v) is 7.67. The smallest absolute Gasteiger partial charge is 0.297 e. The number of halogens is 2. The van der Waals surface area contributed by atoms with E-state index in [1.165, 1.54) is 12.1 Å². The highest BCUT2D eigenvalue weighted by molar-refractivity contribution is 9.10. The molecule has 0 bridgehead atoms. The lowest BCUT2D eigenvalue weighted by molar-refractivity contribution is 0.0959. The Labute approximate surface area is 169 Å². The van der Waals surface area contributed by atoms with Crippen molar-refractivity contribution in [2.75, 3.05) is 25.6 Å². The van der Waals surface area contributed by atoms with Crippen LogP contribution in [0.3, 0.4) is 0 Å². The number of carbonyl (C=O) groups is 1. The van der Waals surface area contributed by atoms with Crippen molar-refractivity contribution < 1.29 is 18.3 Å². The number of benzene rings is 2. The number of fused-ring (bicyclic) bond motifs is 1. The van der Waals surface area contributed by atoms with Gasteiger partial charge in [0.1, 0.15) is 17.1 Å². The van der Waals surface area contributed by atoms with Gasteiger partial charge >= 0.3 is 0 Å². The summed E-state index contributed by atoms with van der Waals surface area (Å²) in [4.78, 5) is 15.0. The molecule has 8 heteroatoms. The van der Waals surface area contributed by atoms with Crippen LogP contribution < -0.4 is 14.4 Å². The zero-order valence-corrected chi connectivity index (χ0v) is 17.4. The molecule has 1 aromatic heterocycles. The zero-order chi connectivity index (χ0) is 19.6. The number of rotatable bonds is 6. The normalized spacial score (nSPS) is 10.9. The molecule has 0 saturated carbocycles. The molecule has 2 aromatic carbocycles. The summed E-state index contributed by atoms with van der Waals surface area (Å²) in [5.74, 6) is -0.181. The van der Waals surface area contributed by atoms with Gasteiger partial charge in [-0.25, -0.2) is 4.39 Å². The molecule has 0 spiro atoms. The quantitative estimate of drug-likeness (QED) is 0.518. The lowest BCUT2D eigenvalue weighted by Crippen LogP contribution is -2.15. The lowest BCUT2D eigenvalue weighted by atomic mass is 10.2. The van der Waals surface area contributed by atoms with Gasteiger partial charge < -0.3 is 14.1 Å². The van der Waals surface area contributed by atoms with Crippen molar-refractivity contribution in [3.8, 4) is 5.75 Å². The van der Waals surface area contributed by atoms with Crippen LogP contribution in [0.5, 0.6) is 5.75 Å². The van der Waals surface area contributed by atoms with E-state index in [4.69, 9.17) is 9.15 Å². The lowest BCUT2D eigenvalue weighted by Gasteiger charge is -2.11. The van der Waals surface area contributed by atoms with E-state index in [1.807, 2.05) is 39.2 Å². The molecule has 1 N–H and O–H groups in total. The van der Waals surface area contributed by atoms with E-state index in [9.17, 15) is 9.18 Å². The van der Waals surface area contributed by atoms with Gasteiger partial charge in [-0.15, -0.1) is 0 Å². The first-order valence-corrected chi connectivity index (χ1v) is 9.80. The third kappa shape index (κ3) is 4.39. The monoisotopic (exact) mass is 452 g/mol. The van der Waals surface area contributed by atoms with Crippen LogP contribution in [0, 0.1) is 5.82 Å². The average Bonchev–Trinajstić information content (AvgIpc) is 3.06. The van der Waals surface area contributed by atoms with E-state index in [0.717, 1.165) is 21.3 Å². The SMILES string of the molecule is CCOc1ccc(Br)cc1SNC(=O)c1cc2c(F)cc(N(C)C)cc2o1. The van der Waals surface area contributed by atoms with Crippen LogP contribution in [-0.4, -0.2) is 26.6 Å². The number of furan rings is 1. The van der Waals surface area contributed by atoms with Gasteiger partial charge in [0.05, 0.1) is 16.9 Å². The third-order valence-electron chi connectivity index (χ3n) is 3.77. The maximum absolute atomic E-state index is 14.3. The fourth-order valence-electron chi connectivity index (χ4n) is 2.44. The van der Waals surface area contributed by atoms with Gasteiger partial charge in [0.25, 0.3) is 5.91 Å². The number of nitrogens with zero attached hydrogens (tertiary/aromatic N) is 1. The Bertz CT molecular complexity index is 990. The summed E-state index contributed by atoms with van der Waals surface area (Å²) >= 11 is 4.51. The molecule has 0 saturated heterocycles. The molecule has 27 heavy (non-hydrogen) atoms. The minimum absolute atomic E-state index is 0.0419. The van der Waals surface area contributed by atoms with Crippen molar-refractivity contribution in [1.29, 1.82) is 0 Å². The van der Waals surface area contributed by atoms with Gasteiger partial charge in [-0.3, -0.25) is 9.52 Å². The Hall–Kier alpha value is -2.19. The highest BCUT2D eigenvalue weighted by Crippen LogP contribution is 2.32. The molecule has 0 radical (unpaired) electrons. The summed E-state index contributed by atoms with van der Waals surface area (Å²) in [5.41, 5.74) is 0.984. The standard InChI is InChI=1S/C19H18BrFN2O3S/c1-4-25-15-6-5-11(20)7-18(15)27-22-19(24)17-10-13-14(21)8-12(23(2)3)9-16(13)26-17/h5-10H,4H2,1-3H3,(H,22,24). The molecule has 0 atom stereocenters. The Morgan fingerprint density at radius 1 is 1.30 bits per heavy atom. The summed E-state index contributed by atoms with van der Waals surface area (Å²) in [6.45, 7) is 2.40. The van der Waals surface area contributed by atoms with E-state index < -0.39 is 11.7 Å². The number of carbonyl (C=O) groups excluding carboxylic acids is 1. The predicted molar refractivity (Wildman–Crippen MR) is 109 cm³/mol. The zero-order valence-electron chi connectivity index (χ0n) is 15.0. The maximum atomic E-state index is 14.3. The van der Waals surface area contributed by atoms with Crippen LogP contribution >= 0.6 is 27.9 Å². The first kappa shape index (κ1) is 19.6. The molecule has 0 aliphatic carbocycles. The number of hydrogen-bond donors (Lipinski definition) is 1. The molecule has 5 nitrogen and oxygen atoms in total. The second kappa shape index (κ2) is 8.22. The fraction of sp³-hybridized carbons (Fsp3) is 0.211. The number of amides is 1. The van der Waals surface area contributed by atoms with Gasteiger partial charge in [0.15, 0.2) is 5.76 Å². The van der Waals surface area contributed by atoms with E-state index in [-0.39, 0.29) is 11.1 Å². The molecule has 1 amide bonds. The molecular formula is C19H18BrFN2O3S. The van der Waals surface area contributed by atoms with Crippen LogP contribution in [0.25, 0.3) is 11.0 Å². The van der Waals surface area contributed by atoms with Crippen molar-refractivity contribution in [2.24, 2.45) is 0 Å². The first-order valence-electron chi connectivity index (χ1n) is 8.19. The Balaban J connectivity index is 1.81. The van der Waals surface area contributed by atoms with Crippen LogP contribution in [-0.2, 0) is 0 Å². The largest absolute Gasteiger partial charge is 0.493 e. The Morgan fingerprint density at radius 2 is 2.07 bits per heavy atom. The predicted octanol–water partition coefficient (Wildman–Crippen LogP) is 5.24. The van der Waals surface area contributed by atoms with Gasteiger partial charge in [-0.2, -0.15) is 0 Å². The van der Waals surface area contributed by atoms with Crippen LogP contribution in [0.15, 0.2) is 50.2 Å². The molecule has 0 fully saturated rings. The number of anilines is 1. The molecule has 1 heterocycles. The molecule has 0 aliphatic rings. The minimum atomic E-state index is -0.454. The van der Waals surface area contributed by atoms with Gasteiger partial charge in [0.2, 0.25) is 0 Å². The van der Waals surface area contributed by atoms with E-state index >= 15 is 0 Å². The van der Waals surface area contributed by atoms with Crippen LogP contribution in [0.4, 0.5) is 10.1 Å². The fourth-order valence-corrected chi connectivity index (χ4v) is 3.67. The molecule has 0 unspecified atom stereocenters. The second-order valence-electron chi connectivity index (χ2n) is 5.90.